The standard InChI is InChI=1S/C21H32O5S/c1-20-10-9-18-16(17(20)6-7-19(20)22)5-4-14-12-15(25-2)8-11-21(14,18)13-26-27(3,23)24/h4,15-18H,5-13H2,1-3H3. The Kier molecular flexibility index (Phi) is 4.84. The number of carbonyl (C=O) groups excluding carboxylic acids is 1. The molecule has 4 aliphatic rings. The number of methoxy groups -OCH3 is 1. The van der Waals surface area contributed by atoms with Gasteiger partial charge in [-0.05, 0) is 62.7 Å². The first-order valence-electron chi connectivity index (χ1n) is 10.3. The minimum Gasteiger partial charge on any atom is -0.381 e. The summed E-state index contributed by atoms with van der Waals surface area (Å²) >= 11 is 0. The Labute approximate surface area is 163 Å². The molecular weight excluding hydrogens is 364 g/mol. The molecule has 0 aromatic carbocycles. The third kappa shape index (κ3) is 3.12. The predicted octanol–water partition coefficient (Wildman–Crippen LogP) is 3.49. The van der Waals surface area contributed by atoms with Crippen LogP contribution < -0.4 is 0 Å². The molecule has 0 amide bonds. The Morgan fingerprint density at radius 1 is 1.19 bits per heavy atom. The van der Waals surface area contributed by atoms with Gasteiger partial charge in [0.15, 0.2) is 0 Å². The van der Waals surface area contributed by atoms with Crippen LogP contribution in [-0.2, 0) is 23.8 Å². The lowest BCUT2D eigenvalue weighted by molar-refractivity contribution is -0.133. The summed E-state index contributed by atoms with van der Waals surface area (Å²) < 4.78 is 34.6. The van der Waals surface area contributed by atoms with Crippen LogP contribution in [0.3, 0.4) is 0 Å². The van der Waals surface area contributed by atoms with Gasteiger partial charge in [-0.2, -0.15) is 8.42 Å². The van der Waals surface area contributed by atoms with Gasteiger partial charge in [-0.1, -0.05) is 18.6 Å². The highest BCUT2D eigenvalue weighted by atomic mass is 32.2. The van der Waals surface area contributed by atoms with Crippen molar-refractivity contribution in [3.8, 4) is 0 Å². The molecule has 152 valence electrons. The zero-order valence-electron chi connectivity index (χ0n) is 16.7. The molecule has 3 saturated carbocycles. The molecule has 4 aliphatic carbocycles. The molecule has 0 saturated heterocycles. The molecule has 0 aromatic heterocycles. The van der Waals surface area contributed by atoms with E-state index in [0.29, 0.717) is 30.0 Å². The van der Waals surface area contributed by atoms with Crippen LogP contribution in [0.15, 0.2) is 11.6 Å². The van der Waals surface area contributed by atoms with Crippen molar-refractivity contribution in [1.29, 1.82) is 0 Å². The zero-order chi connectivity index (χ0) is 19.4. The number of hydrogen-bond acceptors (Lipinski definition) is 5. The highest BCUT2D eigenvalue weighted by Gasteiger charge is 2.60. The monoisotopic (exact) mass is 396 g/mol. The molecule has 6 heteroatoms. The number of rotatable bonds is 4. The van der Waals surface area contributed by atoms with Crippen molar-refractivity contribution in [1.82, 2.24) is 0 Å². The van der Waals surface area contributed by atoms with E-state index >= 15 is 0 Å². The lowest BCUT2D eigenvalue weighted by atomic mass is 9.47. The van der Waals surface area contributed by atoms with E-state index in [-0.39, 0.29) is 23.5 Å². The van der Waals surface area contributed by atoms with E-state index in [0.717, 1.165) is 51.2 Å². The van der Waals surface area contributed by atoms with Crippen LogP contribution in [-0.4, -0.2) is 40.3 Å². The first-order chi connectivity index (χ1) is 12.7. The fraction of sp³-hybridized carbons (Fsp3) is 0.857. The first-order valence-corrected chi connectivity index (χ1v) is 12.1. The molecule has 6 unspecified atom stereocenters. The highest BCUT2D eigenvalue weighted by Crippen LogP contribution is 2.64. The number of fused-ring (bicyclic) bond motifs is 5. The number of ether oxygens (including phenoxy) is 1. The van der Waals surface area contributed by atoms with E-state index in [2.05, 4.69) is 13.0 Å². The first kappa shape index (κ1) is 19.6. The van der Waals surface area contributed by atoms with Crippen molar-refractivity contribution >= 4 is 15.9 Å². The van der Waals surface area contributed by atoms with E-state index in [1.807, 2.05) is 0 Å². The molecule has 0 heterocycles. The van der Waals surface area contributed by atoms with Crippen LogP contribution in [0.4, 0.5) is 0 Å². The van der Waals surface area contributed by atoms with Crippen LogP contribution in [0.2, 0.25) is 0 Å². The number of ketones is 1. The van der Waals surface area contributed by atoms with Gasteiger partial charge in [-0.15, -0.1) is 0 Å². The van der Waals surface area contributed by atoms with Gasteiger partial charge in [0.05, 0.1) is 19.0 Å². The summed E-state index contributed by atoms with van der Waals surface area (Å²) in [5, 5.41) is 0. The molecule has 27 heavy (non-hydrogen) atoms. The zero-order valence-corrected chi connectivity index (χ0v) is 17.5. The SMILES string of the molecule is COC1CCC2(COS(C)(=O)=O)C(=CCC3C4CCC(=O)C4(C)CCC32)C1. The van der Waals surface area contributed by atoms with Crippen LogP contribution in [0.1, 0.15) is 58.3 Å². The van der Waals surface area contributed by atoms with Gasteiger partial charge in [-0.3, -0.25) is 8.98 Å². The highest BCUT2D eigenvalue weighted by molar-refractivity contribution is 7.85. The second kappa shape index (κ2) is 6.67. The normalized spacial score (nSPS) is 44.3. The lowest BCUT2D eigenvalue weighted by Crippen LogP contribution is -2.53. The Hall–Kier alpha value is -0.720. The summed E-state index contributed by atoms with van der Waals surface area (Å²) in [5.41, 5.74) is 0.946. The van der Waals surface area contributed by atoms with Gasteiger partial charge >= 0.3 is 0 Å². The van der Waals surface area contributed by atoms with Crippen molar-refractivity contribution in [3.05, 3.63) is 11.6 Å². The van der Waals surface area contributed by atoms with Gasteiger partial charge in [-0.25, -0.2) is 0 Å². The van der Waals surface area contributed by atoms with Gasteiger partial charge in [0.1, 0.15) is 5.78 Å². The van der Waals surface area contributed by atoms with E-state index in [4.69, 9.17) is 8.92 Å². The van der Waals surface area contributed by atoms with Gasteiger partial charge in [0.2, 0.25) is 0 Å². The number of Topliss-reactive ketones (excluding diaryl/α,β-unsaturated/α-hetero) is 1. The molecule has 3 fully saturated rings. The summed E-state index contributed by atoms with van der Waals surface area (Å²) in [5.74, 6) is 1.73. The fourth-order valence-corrected chi connectivity index (χ4v) is 7.30. The Morgan fingerprint density at radius 3 is 2.67 bits per heavy atom. The Bertz CT molecular complexity index is 757. The average Bonchev–Trinajstić information content (AvgIpc) is 2.94. The van der Waals surface area contributed by atoms with Crippen molar-refractivity contribution in [2.75, 3.05) is 20.0 Å². The Balaban J connectivity index is 1.70. The summed E-state index contributed by atoms with van der Waals surface area (Å²) in [6, 6.07) is 0. The van der Waals surface area contributed by atoms with Crippen molar-refractivity contribution in [2.24, 2.45) is 28.6 Å². The molecule has 4 rings (SSSR count). The summed E-state index contributed by atoms with van der Waals surface area (Å²) in [7, 11) is -1.73. The third-order valence-electron chi connectivity index (χ3n) is 8.36. The molecule has 0 aromatic rings. The average molecular weight is 397 g/mol. The summed E-state index contributed by atoms with van der Waals surface area (Å²) in [4.78, 5) is 12.6. The van der Waals surface area contributed by atoms with Crippen molar-refractivity contribution in [2.45, 2.75) is 64.4 Å². The molecule has 0 N–H and O–H groups in total. The minimum absolute atomic E-state index is 0.172. The van der Waals surface area contributed by atoms with Crippen molar-refractivity contribution in [3.63, 3.8) is 0 Å². The number of hydrogen-bond donors (Lipinski definition) is 0. The third-order valence-corrected chi connectivity index (χ3v) is 8.90. The van der Waals surface area contributed by atoms with Gasteiger partial charge < -0.3 is 4.74 Å². The molecule has 0 aliphatic heterocycles. The maximum Gasteiger partial charge on any atom is 0.264 e. The minimum atomic E-state index is -3.49. The maximum atomic E-state index is 12.6. The second-order valence-corrected chi connectivity index (χ2v) is 11.1. The molecule has 6 atom stereocenters. The molecule has 0 spiro atoms. The summed E-state index contributed by atoms with van der Waals surface area (Å²) in [6.45, 7) is 2.41. The maximum absolute atomic E-state index is 12.6. The predicted molar refractivity (Wildman–Crippen MR) is 103 cm³/mol. The number of carbonyl (C=O) groups is 1. The van der Waals surface area contributed by atoms with E-state index in [1.165, 1.54) is 5.57 Å². The second-order valence-electron chi connectivity index (χ2n) is 9.48. The summed E-state index contributed by atoms with van der Waals surface area (Å²) in [6.07, 6.45) is 11.0. The van der Waals surface area contributed by atoms with E-state index < -0.39 is 10.1 Å². The Morgan fingerprint density at radius 2 is 1.96 bits per heavy atom. The quantitative estimate of drug-likeness (QED) is 0.537. The molecular formula is C21H32O5S. The molecule has 0 bridgehead atoms. The van der Waals surface area contributed by atoms with E-state index in [9.17, 15) is 13.2 Å². The fourth-order valence-electron chi connectivity index (χ4n) is 6.88. The molecule has 5 nitrogen and oxygen atoms in total. The van der Waals surface area contributed by atoms with Crippen LogP contribution in [0, 0.1) is 28.6 Å². The van der Waals surface area contributed by atoms with Gasteiger partial charge in [0.25, 0.3) is 10.1 Å². The van der Waals surface area contributed by atoms with Crippen LogP contribution in [0.5, 0.6) is 0 Å². The lowest BCUT2D eigenvalue weighted by Gasteiger charge is -2.57. The molecule has 0 radical (unpaired) electrons. The smallest absolute Gasteiger partial charge is 0.264 e. The van der Waals surface area contributed by atoms with Gasteiger partial charge in [0, 0.05) is 24.4 Å². The van der Waals surface area contributed by atoms with Crippen LogP contribution >= 0.6 is 0 Å². The number of allylic oxidation sites excluding steroid dienone is 1. The largest absolute Gasteiger partial charge is 0.381 e. The van der Waals surface area contributed by atoms with Crippen LogP contribution in [0.25, 0.3) is 0 Å². The topological polar surface area (TPSA) is 69.7 Å². The van der Waals surface area contributed by atoms with Crippen molar-refractivity contribution < 1.29 is 22.1 Å². The van der Waals surface area contributed by atoms with E-state index in [1.54, 1.807) is 7.11 Å².